The van der Waals surface area contributed by atoms with Crippen LogP contribution in [0.15, 0.2) is 55.0 Å². The van der Waals surface area contributed by atoms with E-state index >= 15 is 0 Å². The molecule has 1 saturated heterocycles. The first-order chi connectivity index (χ1) is 14.9. The smallest absolute Gasteiger partial charge is 0.278 e. The van der Waals surface area contributed by atoms with Crippen LogP contribution in [-0.2, 0) is 4.74 Å². The van der Waals surface area contributed by atoms with Crippen molar-refractivity contribution in [3.63, 3.8) is 0 Å². The normalized spacial score (nSPS) is 23.3. The Balaban J connectivity index is 1.60. The molecule has 10 heteroatoms. The van der Waals surface area contributed by atoms with Crippen LogP contribution in [0.1, 0.15) is 28.6 Å². The second kappa shape index (κ2) is 8.74. The van der Waals surface area contributed by atoms with Crippen molar-refractivity contribution in [2.45, 2.75) is 31.0 Å². The lowest BCUT2D eigenvalue weighted by atomic mass is 9.95. The SMILES string of the molecule is Nc1ncc(-c2ccccc2)nc1C(=O)Nc1cnccc1[C@@H]1C[C@H](N)[C@@H](O)[C@H](O)O1. The molecule has 1 amide bonds. The van der Waals surface area contributed by atoms with Crippen molar-refractivity contribution in [1.29, 1.82) is 0 Å². The third-order valence-corrected chi connectivity index (χ3v) is 5.06. The number of amides is 1. The molecule has 4 rings (SSSR count). The average molecular weight is 422 g/mol. The molecule has 4 atom stereocenters. The van der Waals surface area contributed by atoms with Crippen molar-refractivity contribution in [3.8, 4) is 11.3 Å². The Morgan fingerprint density at radius 2 is 1.94 bits per heavy atom. The number of nitrogen functional groups attached to an aromatic ring is 1. The number of rotatable bonds is 4. The summed E-state index contributed by atoms with van der Waals surface area (Å²) >= 11 is 0. The van der Waals surface area contributed by atoms with Gasteiger partial charge in [-0.25, -0.2) is 9.97 Å². The predicted molar refractivity (Wildman–Crippen MR) is 113 cm³/mol. The van der Waals surface area contributed by atoms with E-state index in [0.29, 0.717) is 16.9 Å². The van der Waals surface area contributed by atoms with Gasteiger partial charge in [-0.1, -0.05) is 30.3 Å². The van der Waals surface area contributed by atoms with Crippen LogP contribution in [0.25, 0.3) is 11.3 Å². The number of ether oxygens (including phenoxy) is 1. The number of anilines is 2. The molecule has 7 N–H and O–H groups in total. The Labute approximate surface area is 177 Å². The van der Waals surface area contributed by atoms with Crippen LogP contribution in [-0.4, -0.2) is 49.5 Å². The molecular formula is C21H22N6O4. The average Bonchev–Trinajstić information content (AvgIpc) is 2.78. The maximum atomic E-state index is 13.0. The number of nitrogens with two attached hydrogens (primary N) is 2. The minimum absolute atomic E-state index is 0.0166. The number of pyridine rings is 1. The summed E-state index contributed by atoms with van der Waals surface area (Å²) in [5.74, 6) is -0.588. The second-order valence-electron chi connectivity index (χ2n) is 7.18. The third kappa shape index (κ3) is 4.37. The number of aliphatic hydroxyl groups excluding tert-OH is 2. The Hall–Kier alpha value is -3.44. The van der Waals surface area contributed by atoms with E-state index in [1.165, 1.54) is 18.6 Å². The highest BCUT2D eigenvalue weighted by Gasteiger charge is 2.36. The molecule has 31 heavy (non-hydrogen) atoms. The van der Waals surface area contributed by atoms with E-state index in [1.54, 1.807) is 6.07 Å². The number of hydrogen-bond donors (Lipinski definition) is 5. The van der Waals surface area contributed by atoms with E-state index < -0.39 is 30.4 Å². The number of carbonyl (C=O) groups is 1. The number of hydrogen-bond acceptors (Lipinski definition) is 9. The third-order valence-electron chi connectivity index (χ3n) is 5.06. The standard InChI is InChI=1S/C21H22N6O4/c22-13-8-16(31-21(30)18(13)28)12-6-7-24-9-15(12)27-20(29)17-19(23)25-10-14(26-17)11-4-2-1-3-5-11/h1-7,9-10,13,16,18,21,28,30H,8,22H2,(H2,23,25)(H,27,29)/t13-,16-,18+,21+/m0/s1. The zero-order valence-corrected chi connectivity index (χ0v) is 16.4. The van der Waals surface area contributed by atoms with Gasteiger partial charge >= 0.3 is 0 Å². The zero-order valence-electron chi connectivity index (χ0n) is 16.4. The van der Waals surface area contributed by atoms with E-state index in [2.05, 4.69) is 20.3 Å². The van der Waals surface area contributed by atoms with Crippen molar-refractivity contribution in [2.24, 2.45) is 5.73 Å². The molecule has 0 saturated carbocycles. The minimum Gasteiger partial charge on any atom is -0.386 e. The molecule has 2 aromatic heterocycles. The Morgan fingerprint density at radius 3 is 2.68 bits per heavy atom. The largest absolute Gasteiger partial charge is 0.386 e. The molecule has 3 aromatic rings. The molecule has 3 heterocycles. The van der Waals surface area contributed by atoms with E-state index in [0.717, 1.165) is 5.56 Å². The quantitative estimate of drug-likeness (QED) is 0.409. The van der Waals surface area contributed by atoms with Crippen LogP contribution >= 0.6 is 0 Å². The maximum absolute atomic E-state index is 13.0. The van der Waals surface area contributed by atoms with Crippen LogP contribution in [0.4, 0.5) is 11.5 Å². The summed E-state index contributed by atoms with van der Waals surface area (Å²) in [5.41, 5.74) is 14.0. The molecule has 0 radical (unpaired) electrons. The van der Waals surface area contributed by atoms with Gasteiger partial charge in [0.15, 0.2) is 17.8 Å². The summed E-state index contributed by atoms with van der Waals surface area (Å²) in [4.78, 5) is 25.5. The highest BCUT2D eigenvalue weighted by molar-refractivity contribution is 6.06. The number of nitrogens with zero attached hydrogens (tertiary/aromatic N) is 3. The summed E-state index contributed by atoms with van der Waals surface area (Å²) < 4.78 is 5.48. The van der Waals surface area contributed by atoms with Crippen LogP contribution in [0.2, 0.25) is 0 Å². The number of nitrogens with one attached hydrogen (secondary N) is 1. The van der Waals surface area contributed by atoms with Crippen molar-refractivity contribution < 1.29 is 19.7 Å². The van der Waals surface area contributed by atoms with E-state index in [9.17, 15) is 15.0 Å². The summed E-state index contributed by atoms with van der Waals surface area (Å²) in [7, 11) is 0. The lowest BCUT2D eigenvalue weighted by Gasteiger charge is -2.35. The maximum Gasteiger partial charge on any atom is 0.278 e. The van der Waals surface area contributed by atoms with E-state index in [4.69, 9.17) is 16.2 Å². The van der Waals surface area contributed by atoms with Gasteiger partial charge in [-0.15, -0.1) is 0 Å². The van der Waals surface area contributed by atoms with Gasteiger partial charge in [-0.05, 0) is 12.5 Å². The molecule has 0 spiro atoms. The van der Waals surface area contributed by atoms with Gasteiger partial charge in [0.2, 0.25) is 0 Å². The number of benzene rings is 1. The Kier molecular flexibility index (Phi) is 5.87. The molecule has 0 unspecified atom stereocenters. The summed E-state index contributed by atoms with van der Waals surface area (Å²) in [6.45, 7) is 0. The van der Waals surface area contributed by atoms with Crippen molar-refractivity contribution in [1.82, 2.24) is 15.0 Å². The lowest BCUT2D eigenvalue weighted by molar-refractivity contribution is -0.223. The van der Waals surface area contributed by atoms with Crippen LogP contribution in [0.5, 0.6) is 0 Å². The van der Waals surface area contributed by atoms with Gasteiger partial charge in [0.25, 0.3) is 5.91 Å². The van der Waals surface area contributed by atoms with Crippen LogP contribution < -0.4 is 16.8 Å². The van der Waals surface area contributed by atoms with E-state index in [1.807, 2.05) is 30.3 Å². The first-order valence-corrected chi connectivity index (χ1v) is 9.64. The second-order valence-corrected chi connectivity index (χ2v) is 7.18. The fraction of sp³-hybridized carbons (Fsp3) is 0.238. The molecular weight excluding hydrogens is 400 g/mol. The molecule has 1 aliphatic heterocycles. The van der Waals surface area contributed by atoms with Crippen molar-refractivity contribution in [2.75, 3.05) is 11.1 Å². The van der Waals surface area contributed by atoms with Crippen LogP contribution in [0.3, 0.4) is 0 Å². The monoisotopic (exact) mass is 422 g/mol. The molecule has 0 aliphatic carbocycles. The molecule has 1 aromatic carbocycles. The first kappa shape index (κ1) is 20.8. The fourth-order valence-electron chi connectivity index (χ4n) is 3.39. The molecule has 1 fully saturated rings. The Morgan fingerprint density at radius 1 is 1.16 bits per heavy atom. The zero-order chi connectivity index (χ0) is 22.0. The molecule has 160 valence electrons. The summed E-state index contributed by atoms with van der Waals surface area (Å²) in [6, 6.07) is 10.3. The molecule has 1 aliphatic rings. The van der Waals surface area contributed by atoms with Gasteiger partial charge in [0, 0.05) is 23.4 Å². The van der Waals surface area contributed by atoms with Gasteiger partial charge in [0.1, 0.15) is 6.10 Å². The summed E-state index contributed by atoms with van der Waals surface area (Å²) in [6.07, 6.45) is 1.45. The Bertz CT molecular complexity index is 1070. The minimum atomic E-state index is -1.44. The highest BCUT2D eigenvalue weighted by atomic mass is 16.6. The molecule has 10 nitrogen and oxygen atoms in total. The lowest BCUT2D eigenvalue weighted by Crippen LogP contribution is -2.49. The fourth-order valence-corrected chi connectivity index (χ4v) is 3.39. The topological polar surface area (TPSA) is 169 Å². The van der Waals surface area contributed by atoms with Crippen molar-refractivity contribution in [3.05, 3.63) is 66.2 Å². The molecule has 0 bridgehead atoms. The van der Waals surface area contributed by atoms with Gasteiger partial charge < -0.3 is 31.7 Å². The van der Waals surface area contributed by atoms with E-state index in [-0.39, 0.29) is 17.9 Å². The van der Waals surface area contributed by atoms with Gasteiger partial charge in [0.05, 0.1) is 29.9 Å². The highest BCUT2D eigenvalue weighted by Crippen LogP contribution is 2.34. The summed E-state index contributed by atoms with van der Waals surface area (Å²) in [5, 5.41) is 22.5. The number of aromatic nitrogens is 3. The number of carbonyl (C=O) groups excluding carboxylic acids is 1. The van der Waals surface area contributed by atoms with Crippen molar-refractivity contribution >= 4 is 17.4 Å². The number of aliphatic hydroxyl groups is 2. The van der Waals surface area contributed by atoms with Gasteiger partial charge in [-0.2, -0.15) is 0 Å². The first-order valence-electron chi connectivity index (χ1n) is 9.64. The predicted octanol–water partition coefficient (Wildman–Crippen LogP) is 0.841. The van der Waals surface area contributed by atoms with Crippen LogP contribution in [0, 0.1) is 0 Å². The van der Waals surface area contributed by atoms with Gasteiger partial charge in [-0.3, -0.25) is 9.78 Å².